The summed E-state index contributed by atoms with van der Waals surface area (Å²) in [6.07, 6.45) is 1.34. The van der Waals surface area contributed by atoms with Crippen molar-refractivity contribution >= 4 is 23.4 Å². The zero-order valence-corrected chi connectivity index (χ0v) is 18.6. The van der Waals surface area contributed by atoms with Crippen LogP contribution in [0.5, 0.6) is 0 Å². The van der Waals surface area contributed by atoms with Crippen molar-refractivity contribution < 1.29 is 18.8 Å². The number of fused-ring (bicyclic) bond motifs is 2. The molecule has 0 aliphatic carbocycles. The minimum atomic E-state index is -0.666. The van der Waals surface area contributed by atoms with Gasteiger partial charge in [-0.3, -0.25) is 14.4 Å². The molecular weight excluding hydrogens is 409 g/mol. The Hall–Kier alpha value is -3.22. The summed E-state index contributed by atoms with van der Waals surface area (Å²) in [5, 5.41) is 5.87. The molecule has 2 aromatic carbocycles. The molecule has 0 saturated carbocycles. The van der Waals surface area contributed by atoms with Gasteiger partial charge in [0.1, 0.15) is 11.9 Å². The van der Waals surface area contributed by atoms with E-state index in [0.717, 1.165) is 0 Å². The molecule has 2 heterocycles. The van der Waals surface area contributed by atoms with Crippen LogP contribution in [0, 0.1) is 11.2 Å². The number of nitrogens with one attached hydrogen (secondary N) is 2. The van der Waals surface area contributed by atoms with Gasteiger partial charge in [0.05, 0.1) is 11.3 Å². The lowest BCUT2D eigenvalue weighted by Crippen LogP contribution is -2.55. The van der Waals surface area contributed by atoms with Gasteiger partial charge < -0.3 is 15.5 Å². The smallest absolute Gasteiger partial charge is 0.256 e. The molecule has 2 aliphatic rings. The fourth-order valence-electron chi connectivity index (χ4n) is 4.41. The van der Waals surface area contributed by atoms with E-state index >= 15 is 0 Å². The molecule has 2 N–H and O–H groups in total. The molecular formula is C25H28FN3O3. The Bertz CT molecular complexity index is 1080. The van der Waals surface area contributed by atoms with Gasteiger partial charge in [0.25, 0.3) is 5.91 Å². The Morgan fingerprint density at radius 3 is 2.62 bits per heavy atom. The molecule has 0 unspecified atom stereocenters. The zero-order chi connectivity index (χ0) is 23.0. The van der Waals surface area contributed by atoms with Crippen LogP contribution in [-0.4, -0.2) is 41.2 Å². The number of amides is 3. The number of benzene rings is 2. The van der Waals surface area contributed by atoms with Crippen molar-refractivity contribution in [1.29, 1.82) is 0 Å². The number of rotatable bonds is 3. The molecule has 168 valence electrons. The number of piperidine rings is 1. The largest absolute Gasteiger partial charge is 0.353 e. The molecule has 2 aromatic rings. The summed E-state index contributed by atoms with van der Waals surface area (Å²) in [7, 11) is 0. The number of nitrogens with zero attached hydrogens (tertiary/aromatic N) is 1. The van der Waals surface area contributed by atoms with E-state index in [1.807, 2.05) is 20.8 Å². The second kappa shape index (κ2) is 8.37. The standard InChI is InChI=1S/C25H28FN3O3/c1-25(2,3)14-22(30)27-16-10-11-29-21(13-16)23(31)28-20-9-8-15(12-18(20)24(29)32)17-6-4-5-7-19(17)26/h4-9,12,16,21H,10-11,13-14H2,1-3H3,(H,27,30)(H,28,31)/t16-,21-/m0/s1. The van der Waals surface area contributed by atoms with Gasteiger partial charge in [0.2, 0.25) is 11.8 Å². The van der Waals surface area contributed by atoms with Crippen LogP contribution in [-0.2, 0) is 9.59 Å². The number of anilines is 1. The van der Waals surface area contributed by atoms with Gasteiger partial charge in [0.15, 0.2) is 0 Å². The Morgan fingerprint density at radius 1 is 1.16 bits per heavy atom. The van der Waals surface area contributed by atoms with Crippen molar-refractivity contribution in [3.63, 3.8) is 0 Å². The van der Waals surface area contributed by atoms with E-state index in [1.54, 1.807) is 41.3 Å². The predicted molar refractivity (Wildman–Crippen MR) is 121 cm³/mol. The van der Waals surface area contributed by atoms with Gasteiger partial charge in [0, 0.05) is 24.6 Å². The molecule has 2 atom stereocenters. The number of carbonyl (C=O) groups excluding carboxylic acids is 3. The highest BCUT2D eigenvalue weighted by molar-refractivity contribution is 6.10. The average Bonchev–Trinajstić information content (AvgIpc) is 2.81. The predicted octanol–water partition coefficient (Wildman–Crippen LogP) is 3.97. The summed E-state index contributed by atoms with van der Waals surface area (Å²) in [5.74, 6) is -0.956. The molecule has 6 nitrogen and oxygen atoms in total. The Labute approximate surface area is 187 Å². The zero-order valence-electron chi connectivity index (χ0n) is 18.6. The SMILES string of the molecule is CC(C)(C)CC(=O)N[C@H]1CCN2C(=O)c3cc(-c4ccccc4F)ccc3NC(=O)[C@@H]2C1. The summed E-state index contributed by atoms with van der Waals surface area (Å²) in [6.45, 7) is 6.36. The first-order valence-corrected chi connectivity index (χ1v) is 10.9. The highest BCUT2D eigenvalue weighted by Gasteiger charge is 2.40. The van der Waals surface area contributed by atoms with Gasteiger partial charge >= 0.3 is 0 Å². The van der Waals surface area contributed by atoms with Crippen LogP contribution in [0.2, 0.25) is 0 Å². The Balaban J connectivity index is 1.56. The minimum Gasteiger partial charge on any atom is -0.353 e. The maximum atomic E-state index is 14.3. The van der Waals surface area contributed by atoms with Crippen molar-refractivity contribution in [2.24, 2.45) is 5.41 Å². The Morgan fingerprint density at radius 2 is 1.91 bits per heavy atom. The van der Waals surface area contributed by atoms with E-state index < -0.39 is 6.04 Å². The quantitative estimate of drug-likeness (QED) is 0.763. The molecule has 0 aromatic heterocycles. The molecule has 0 spiro atoms. The maximum absolute atomic E-state index is 14.3. The lowest BCUT2D eigenvalue weighted by Gasteiger charge is -2.37. The summed E-state index contributed by atoms with van der Waals surface area (Å²) < 4.78 is 14.3. The lowest BCUT2D eigenvalue weighted by molar-refractivity contribution is -0.126. The second-order valence-electron chi connectivity index (χ2n) is 9.77. The molecule has 1 saturated heterocycles. The average molecular weight is 438 g/mol. The van der Waals surface area contributed by atoms with Crippen LogP contribution < -0.4 is 10.6 Å². The minimum absolute atomic E-state index is 0.0471. The molecule has 7 heteroatoms. The normalized spacial score (nSPS) is 20.7. The fourth-order valence-corrected chi connectivity index (χ4v) is 4.41. The topological polar surface area (TPSA) is 78.5 Å². The first-order chi connectivity index (χ1) is 15.1. The lowest BCUT2D eigenvalue weighted by atomic mass is 9.91. The fraction of sp³-hybridized carbons (Fsp3) is 0.400. The molecule has 4 rings (SSSR count). The van der Waals surface area contributed by atoms with E-state index in [1.165, 1.54) is 6.07 Å². The van der Waals surface area contributed by atoms with Crippen LogP contribution in [0.3, 0.4) is 0 Å². The molecule has 3 amide bonds. The molecule has 0 radical (unpaired) electrons. The van der Waals surface area contributed by atoms with Crippen LogP contribution in [0.15, 0.2) is 42.5 Å². The van der Waals surface area contributed by atoms with E-state index in [9.17, 15) is 18.8 Å². The van der Waals surface area contributed by atoms with Crippen molar-refractivity contribution in [2.75, 3.05) is 11.9 Å². The van der Waals surface area contributed by atoms with Crippen molar-refractivity contribution in [2.45, 2.75) is 52.1 Å². The van der Waals surface area contributed by atoms with Gasteiger partial charge in [-0.05, 0) is 42.0 Å². The molecule has 32 heavy (non-hydrogen) atoms. The monoisotopic (exact) mass is 437 g/mol. The van der Waals surface area contributed by atoms with Crippen molar-refractivity contribution in [1.82, 2.24) is 10.2 Å². The van der Waals surface area contributed by atoms with Gasteiger partial charge in [-0.15, -0.1) is 0 Å². The summed E-state index contributed by atoms with van der Waals surface area (Å²) in [5.41, 5.74) is 1.61. The first kappa shape index (κ1) is 22.0. The van der Waals surface area contributed by atoms with E-state index in [2.05, 4.69) is 10.6 Å². The van der Waals surface area contributed by atoms with Crippen LogP contribution in [0.4, 0.5) is 10.1 Å². The van der Waals surface area contributed by atoms with E-state index in [4.69, 9.17) is 0 Å². The molecule has 2 aliphatic heterocycles. The van der Waals surface area contributed by atoms with Crippen LogP contribution in [0.1, 0.15) is 50.4 Å². The highest BCUT2D eigenvalue weighted by atomic mass is 19.1. The second-order valence-corrected chi connectivity index (χ2v) is 9.77. The number of carbonyl (C=O) groups is 3. The first-order valence-electron chi connectivity index (χ1n) is 10.9. The number of halogens is 1. The third-order valence-electron chi connectivity index (χ3n) is 5.91. The van der Waals surface area contributed by atoms with Gasteiger partial charge in [-0.25, -0.2) is 4.39 Å². The maximum Gasteiger partial charge on any atom is 0.256 e. The number of hydrogen-bond donors (Lipinski definition) is 2. The summed E-state index contributed by atoms with van der Waals surface area (Å²) in [4.78, 5) is 40.2. The van der Waals surface area contributed by atoms with E-state index in [-0.39, 0.29) is 35.0 Å². The summed E-state index contributed by atoms with van der Waals surface area (Å²) >= 11 is 0. The molecule has 1 fully saturated rings. The van der Waals surface area contributed by atoms with Crippen molar-refractivity contribution in [3.05, 3.63) is 53.8 Å². The molecule has 0 bridgehead atoms. The third-order valence-corrected chi connectivity index (χ3v) is 5.91. The van der Waals surface area contributed by atoms with Crippen LogP contribution in [0.25, 0.3) is 11.1 Å². The summed E-state index contributed by atoms with van der Waals surface area (Å²) in [6, 6.07) is 10.5. The van der Waals surface area contributed by atoms with Crippen molar-refractivity contribution in [3.8, 4) is 11.1 Å². The van der Waals surface area contributed by atoms with Gasteiger partial charge in [-0.2, -0.15) is 0 Å². The van der Waals surface area contributed by atoms with Gasteiger partial charge in [-0.1, -0.05) is 45.0 Å². The third kappa shape index (κ3) is 4.52. The van der Waals surface area contributed by atoms with E-state index in [0.29, 0.717) is 48.2 Å². The number of hydrogen-bond acceptors (Lipinski definition) is 3. The Kier molecular flexibility index (Phi) is 5.75. The van der Waals surface area contributed by atoms with Crippen LogP contribution >= 0.6 is 0 Å². The highest BCUT2D eigenvalue weighted by Crippen LogP contribution is 2.32.